The predicted octanol–water partition coefficient (Wildman–Crippen LogP) is 5.38. The van der Waals surface area contributed by atoms with E-state index in [1.54, 1.807) is 0 Å². The fourth-order valence-electron chi connectivity index (χ4n) is 6.11. The van der Waals surface area contributed by atoms with Crippen LogP contribution in [0.25, 0.3) is 10.9 Å². The van der Waals surface area contributed by atoms with Crippen LogP contribution in [0.15, 0.2) is 47.1 Å². The van der Waals surface area contributed by atoms with Gasteiger partial charge >= 0.3 is 0 Å². The third-order valence-electron chi connectivity index (χ3n) is 7.92. The molecule has 0 saturated carbocycles. The molecule has 1 unspecified atom stereocenters. The largest absolute Gasteiger partial charge is 0.341 e. The number of Topliss-reactive ketones (excluding diaryl/α,β-unsaturated/α-hetero) is 2. The maximum atomic E-state index is 13.5. The number of hydrogen-bond acceptors (Lipinski definition) is 4. The van der Waals surface area contributed by atoms with Crippen molar-refractivity contribution in [2.45, 2.75) is 65.8 Å². The van der Waals surface area contributed by atoms with Gasteiger partial charge in [-0.25, -0.2) is 0 Å². The van der Waals surface area contributed by atoms with Crippen LogP contribution in [0.1, 0.15) is 75.0 Å². The second-order valence-electron chi connectivity index (χ2n) is 10.2. The SMILES string of the molecule is CC1=CC(C)=C(CCC(=O)c2c(C)n(C(C)C3CCN(CCN)CC3)c3ccccc23)C(=O)C1. The number of likely N-dealkylation sites (tertiary alicyclic amines) is 1. The summed E-state index contributed by atoms with van der Waals surface area (Å²) >= 11 is 0. The monoisotopic (exact) mass is 461 g/mol. The zero-order chi connectivity index (χ0) is 24.4. The van der Waals surface area contributed by atoms with Crippen LogP contribution in [0, 0.1) is 12.8 Å². The zero-order valence-corrected chi connectivity index (χ0v) is 21.2. The van der Waals surface area contributed by atoms with E-state index in [0.29, 0.717) is 37.8 Å². The number of aromatic nitrogens is 1. The number of benzene rings is 1. The Hall–Kier alpha value is -2.50. The molecule has 0 amide bonds. The van der Waals surface area contributed by atoms with Crippen LogP contribution >= 0.6 is 0 Å². The predicted molar refractivity (Wildman–Crippen MR) is 139 cm³/mol. The topological polar surface area (TPSA) is 68.3 Å². The number of piperidine rings is 1. The molecule has 5 heteroatoms. The van der Waals surface area contributed by atoms with E-state index in [1.807, 2.05) is 19.9 Å². The summed E-state index contributed by atoms with van der Waals surface area (Å²) in [5.41, 5.74) is 11.7. The number of carbonyl (C=O) groups excluding carboxylic acids is 2. The van der Waals surface area contributed by atoms with Crippen molar-refractivity contribution in [3.63, 3.8) is 0 Å². The first kappa shape index (κ1) is 24.6. The van der Waals surface area contributed by atoms with Gasteiger partial charge in [0.1, 0.15) is 0 Å². The van der Waals surface area contributed by atoms with Gasteiger partial charge in [-0.15, -0.1) is 0 Å². The van der Waals surface area contributed by atoms with E-state index in [-0.39, 0.29) is 11.6 Å². The molecule has 0 radical (unpaired) electrons. The summed E-state index contributed by atoms with van der Waals surface area (Å²) in [4.78, 5) is 28.6. The van der Waals surface area contributed by atoms with Gasteiger partial charge in [-0.2, -0.15) is 0 Å². The van der Waals surface area contributed by atoms with Gasteiger partial charge in [0.2, 0.25) is 0 Å². The molecule has 1 aliphatic carbocycles. The summed E-state index contributed by atoms with van der Waals surface area (Å²) in [6.45, 7) is 12.2. The summed E-state index contributed by atoms with van der Waals surface area (Å²) in [6, 6.07) is 8.62. The highest BCUT2D eigenvalue weighted by atomic mass is 16.1. The molecule has 2 aromatic rings. The van der Waals surface area contributed by atoms with Gasteiger partial charge < -0.3 is 15.2 Å². The highest BCUT2D eigenvalue weighted by Crippen LogP contribution is 2.36. The van der Waals surface area contributed by atoms with Crippen LogP contribution in [0.5, 0.6) is 0 Å². The van der Waals surface area contributed by atoms with Crippen molar-refractivity contribution < 1.29 is 9.59 Å². The van der Waals surface area contributed by atoms with Crippen LogP contribution in [0.4, 0.5) is 0 Å². The molecular formula is C29H39N3O2. The number of nitrogens with two attached hydrogens (primary N) is 1. The molecule has 2 heterocycles. The molecule has 1 aliphatic heterocycles. The molecule has 1 saturated heterocycles. The van der Waals surface area contributed by atoms with Crippen molar-refractivity contribution >= 4 is 22.5 Å². The maximum absolute atomic E-state index is 13.5. The van der Waals surface area contributed by atoms with E-state index in [2.05, 4.69) is 47.6 Å². The molecular weight excluding hydrogens is 422 g/mol. The van der Waals surface area contributed by atoms with Crippen molar-refractivity contribution in [3.8, 4) is 0 Å². The first-order valence-corrected chi connectivity index (χ1v) is 12.8. The van der Waals surface area contributed by atoms with Crippen molar-refractivity contribution in [2.75, 3.05) is 26.2 Å². The summed E-state index contributed by atoms with van der Waals surface area (Å²) in [5.74, 6) is 0.880. The number of ketones is 2. The zero-order valence-electron chi connectivity index (χ0n) is 21.2. The van der Waals surface area contributed by atoms with Gasteiger partial charge in [0.05, 0.1) is 0 Å². The molecule has 2 N–H and O–H groups in total. The van der Waals surface area contributed by atoms with Crippen LogP contribution < -0.4 is 5.73 Å². The molecule has 2 aliphatic rings. The minimum Gasteiger partial charge on any atom is -0.341 e. The highest BCUT2D eigenvalue weighted by Gasteiger charge is 2.29. The first-order chi connectivity index (χ1) is 16.3. The fraction of sp³-hybridized carbons (Fsp3) is 0.517. The maximum Gasteiger partial charge on any atom is 0.165 e. The Morgan fingerprint density at radius 1 is 1.15 bits per heavy atom. The highest BCUT2D eigenvalue weighted by molar-refractivity contribution is 6.10. The standard InChI is InChI=1S/C29H39N3O2/c1-19-17-20(2)24(28(34)18-19)9-10-27(33)29-22(4)32(26-8-6-5-7-25(26)29)21(3)23-11-14-31(15-12-23)16-13-30/h5-8,17,21,23H,9-16,18,30H2,1-4H3. The number of fused-ring (bicyclic) bond motifs is 1. The quantitative estimate of drug-likeness (QED) is 0.536. The molecule has 0 bridgehead atoms. The van der Waals surface area contributed by atoms with Crippen molar-refractivity contribution in [1.29, 1.82) is 0 Å². The van der Waals surface area contributed by atoms with Crippen LogP contribution in [-0.4, -0.2) is 47.2 Å². The number of para-hydroxylation sites is 1. The minimum absolute atomic E-state index is 0.136. The van der Waals surface area contributed by atoms with Gasteiger partial charge in [-0.1, -0.05) is 29.8 Å². The molecule has 0 spiro atoms. The Morgan fingerprint density at radius 2 is 1.85 bits per heavy atom. The number of carbonyl (C=O) groups is 2. The molecule has 34 heavy (non-hydrogen) atoms. The number of allylic oxidation sites excluding steroid dienone is 4. The van der Waals surface area contributed by atoms with Crippen LogP contribution in [0.2, 0.25) is 0 Å². The fourth-order valence-corrected chi connectivity index (χ4v) is 6.11. The van der Waals surface area contributed by atoms with E-state index >= 15 is 0 Å². The lowest BCUT2D eigenvalue weighted by Gasteiger charge is -2.36. The summed E-state index contributed by atoms with van der Waals surface area (Å²) in [6.07, 6.45) is 5.74. The van der Waals surface area contributed by atoms with Crippen LogP contribution in [0.3, 0.4) is 0 Å². The lowest BCUT2D eigenvalue weighted by Crippen LogP contribution is -2.38. The molecule has 182 valence electrons. The average molecular weight is 462 g/mol. The molecule has 1 aromatic carbocycles. The molecule has 4 rings (SSSR count). The Labute approximate surface area is 203 Å². The lowest BCUT2D eigenvalue weighted by atomic mass is 9.88. The van der Waals surface area contributed by atoms with Crippen LogP contribution in [-0.2, 0) is 4.79 Å². The van der Waals surface area contributed by atoms with Gasteiger partial charge in [-0.3, -0.25) is 9.59 Å². The van der Waals surface area contributed by atoms with Gasteiger partial charge in [-0.05, 0) is 83.2 Å². The van der Waals surface area contributed by atoms with E-state index in [1.165, 1.54) is 0 Å². The Morgan fingerprint density at radius 3 is 2.53 bits per heavy atom. The van der Waals surface area contributed by atoms with Crippen molar-refractivity contribution in [3.05, 3.63) is 58.3 Å². The Bertz CT molecular complexity index is 1150. The smallest absolute Gasteiger partial charge is 0.165 e. The molecule has 5 nitrogen and oxygen atoms in total. The molecule has 1 fully saturated rings. The Kier molecular flexibility index (Phi) is 7.54. The lowest BCUT2D eigenvalue weighted by molar-refractivity contribution is -0.115. The molecule has 1 aromatic heterocycles. The average Bonchev–Trinajstić information content (AvgIpc) is 3.10. The number of nitrogens with zero attached hydrogens (tertiary/aromatic N) is 2. The van der Waals surface area contributed by atoms with Gasteiger partial charge in [0, 0.05) is 54.1 Å². The minimum atomic E-state index is 0.136. The number of rotatable bonds is 8. The first-order valence-electron chi connectivity index (χ1n) is 12.8. The van der Waals surface area contributed by atoms with Gasteiger partial charge in [0.15, 0.2) is 11.6 Å². The summed E-state index contributed by atoms with van der Waals surface area (Å²) in [5, 5.41) is 1.04. The summed E-state index contributed by atoms with van der Waals surface area (Å²) in [7, 11) is 0. The van der Waals surface area contributed by atoms with E-state index < -0.39 is 0 Å². The third-order valence-corrected chi connectivity index (χ3v) is 7.92. The van der Waals surface area contributed by atoms with Crippen molar-refractivity contribution in [2.24, 2.45) is 11.7 Å². The Balaban J connectivity index is 1.59. The van der Waals surface area contributed by atoms with Crippen molar-refractivity contribution in [1.82, 2.24) is 9.47 Å². The molecule has 1 atom stereocenters. The van der Waals surface area contributed by atoms with E-state index in [4.69, 9.17) is 5.73 Å². The second-order valence-corrected chi connectivity index (χ2v) is 10.2. The van der Waals surface area contributed by atoms with E-state index in [0.717, 1.165) is 71.4 Å². The number of hydrogen-bond donors (Lipinski definition) is 1. The van der Waals surface area contributed by atoms with Gasteiger partial charge in [0.25, 0.3) is 0 Å². The third kappa shape index (κ3) is 4.82. The summed E-state index contributed by atoms with van der Waals surface area (Å²) < 4.78 is 2.40. The normalized spacial score (nSPS) is 19.1. The second kappa shape index (κ2) is 10.4. The van der Waals surface area contributed by atoms with E-state index in [9.17, 15) is 9.59 Å².